The van der Waals surface area contributed by atoms with Crippen molar-refractivity contribution in [2.75, 3.05) is 7.05 Å². The summed E-state index contributed by atoms with van der Waals surface area (Å²) in [6.07, 6.45) is 3.16. The monoisotopic (exact) mass is 451 g/mol. The molecule has 8 nitrogen and oxygen atoms in total. The number of carbonyl (C=O) groups excluding carboxylic acids is 1. The molecule has 0 N–H and O–H groups in total. The molecule has 1 amide bonds. The van der Waals surface area contributed by atoms with Gasteiger partial charge in [-0.2, -0.15) is 10.2 Å². The van der Waals surface area contributed by atoms with E-state index in [0.717, 1.165) is 33.6 Å². The highest BCUT2D eigenvalue weighted by Crippen LogP contribution is 2.30. The third-order valence-electron chi connectivity index (χ3n) is 6.23. The predicted octanol–water partition coefficient (Wildman–Crippen LogP) is 4.36. The normalized spacial score (nSPS) is 12.1. The van der Waals surface area contributed by atoms with E-state index in [1.54, 1.807) is 20.6 Å². The zero-order valence-electron chi connectivity index (χ0n) is 19.5. The smallest absolute Gasteiger partial charge is 0.254 e. The topological polar surface area (TPSA) is 81.7 Å². The Bertz CT molecular complexity index is 1460. The van der Waals surface area contributed by atoms with Crippen LogP contribution in [0.2, 0.25) is 0 Å². The van der Waals surface area contributed by atoms with Crippen LogP contribution in [0.5, 0.6) is 0 Å². The second-order valence-corrected chi connectivity index (χ2v) is 8.35. The van der Waals surface area contributed by atoms with Crippen molar-refractivity contribution in [3.63, 3.8) is 0 Å². The van der Waals surface area contributed by atoms with Crippen molar-refractivity contribution in [3.05, 3.63) is 90.1 Å². The molecule has 5 aromatic rings. The fraction of sp³-hybridized carbons (Fsp3) is 0.192. The standard InChI is InChI=1S/C26H25N7O/c1-17-24-22(14-23(20-8-6-5-7-9-20)29-25(24)32(4)30-17)26(34)31(3)18(2)19-10-12-21(13-11-19)33-16-27-15-28-33/h5-16,18H,1-4H3. The van der Waals surface area contributed by atoms with Crippen molar-refractivity contribution >= 4 is 16.9 Å². The first-order valence-electron chi connectivity index (χ1n) is 11.1. The predicted molar refractivity (Wildman–Crippen MR) is 131 cm³/mol. The molecule has 170 valence electrons. The van der Waals surface area contributed by atoms with E-state index < -0.39 is 0 Å². The molecule has 0 radical (unpaired) electrons. The van der Waals surface area contributed by atoms with Crippen molar-refractivity contribution in [3.8, 4) is 16.9 Å². The number of hydrogen-bond donors (Lipinski definition) is 0. The van der Waals surface area contributed by atoms with Gasteiger partial charge in [0.1, 0.15) is 12.7 Å². The van der Waals surface area contributed by atoms with Gasteiger partial charge in [-0.25, -0.2) is 14.6 Å². The Labute approximate surface area is 197 Å². The summed E-state index contributed by atoms with van der Waals surface area (Å²) in [5.41, 5.74) is 5.72. The summed E-state index contributed by atoms with van der Waals surface area (Å²) in [5.74, 6) is -0.0754. The maximum absolute atomic E-state index is 13.8. The minimum absolute atomic E-state index is 0.0754. The Balaban J connectivity index is 1.52. The van der Waals surface area contributed by atoms with Crippen LogP contribution >= 0.6 is 0 Å². The molecule has 0 saturated carbocycles. The Morgan fingerprint density at radius 3 is 2.47 bits per heavy atom. The summed E-state index contributed by atoms with van der Waals surface area (Å²) in [7, 11) is 3.69. The summed E-state index contributed by atoms with van der Waals surface area (Å²) in [6, 6.07) is 19.6. The molecule has 0 aliphatic rings. The van der Waals surface area contributed by atoms with E-state index in [1.807, 2.05) is 88.6 Å². The third-order valence-corrected chi connectivity index (χ3v) is 6.23. The molecule has 0 saturated heterocycles. The van der Waals surface area contributed by atoms with Gasteiger partial charge >= 0.3 is 0 Å². The zero-order chi connectivity index (χ0) is 23.8. The Hall–Kier alpha value is -4.33. The van der Waals surface area contributed by atoms with Crippen LogP contribution in [0.1, 0.15) is 34.6 Å². The molecule has 3 heterocycles. The van der Waals surface area contributed by atoms with Crippen LogP contribution in [-0.4, -0.2) is 47.4 Å². The lowest BCUT2D eigenvalue weighted by atomic mass is 10.0. The number of pyridine rings is 1. The first-order valence-corrected chi connectivity index (χ1v) is 11.1. The minimum Gasteiger partial charge on any atom is -0.335 e. The van der Waals surface area contributed by atoms with Gasteiger partial charge in [0.15, 0.2) is 5.65 Å². The quantitative estimate of drug-likeness (QED) is 0.397. The van der Waals surface area contributed by atoms with Crippen LogP contribution in [0.3, 0.4) is 0 Å². The van der Waals surface area contributed by atoms with Crippen LogP contribution in [0, 0.1) is 6.92 Å². The van der Waals surface area contributed by atoms with E-state index in [4.69, 9.17) is 4.98 Å². The Kier molecular flexibility index (Phi) is 5.41. The number of nitrogens with zero attached hydrogens (tertiary/aromatic N) is 7. The Morgan fingerprint density at radius 1 is 1.06 bits per heavy atom. The maximum Gasteiger partial charge on any atom is 0.254 e. The molecule has 5 rings (SSSR count). The van der Waals surface area contributed by atoms with E-state index in [2.05, 4.69) is 15.2 Å². The van der Waals surface area contributed by atoms with Gasteiger partial charge in [-0.1, -0.05) is 42.5 Å². The molecule has 3 aromatic heterocycles. The molecular formula is C26H25N7O. The van der Waals surface area contributed by atoms with Crippen LogP contribution in [0.15, 0.2) is 73.3 Å². The van der Waals surface area contributed by atoms with Crippen LogP contribution < -0.4 is 0 Å². The van der Waals surface area contributed by atoms with Crippen LogP contribution in [0.25, 0.3) is 28.0 Å². The summed E-state index contributed by atoms with van der Waals surface area (Å²) >= 11 is 0. The van der Waals surface area contributed by atoms with E-state index in [9.17, 15) is 4.79 Å². The van der Waals surface area contributed by atoms with Gasteiger partial charge in [0.25, 0.3) is 5.91 Å². The van der Waals surface area contributed by atoms with Gasteiger partial charge in [0.2, 0.25) is 0 Å². The molecule has 0 aliphatic carbocycles. The van der Waals surface area contributed by atoms with Crippen molar-refractivity contribution in [2.24, 2.45) is 7.05 Å². The second kappa shape index (κ2) is 8.55. The van der Waals surface area contributed by atoms with Crippen LogP contribution in [0.4, 0.5) is 0 Å². The molecule has 1 unspecified atom stereocenters. The molecule has 34 heavy (non-hydrogen) atoms. The minimum atomic E-state index is -0.141. The first kappa shape index (κ1) is 21.5. The molecule has 8 heteroatoms. The number of carbonyl (C=O) groups is 1. The van der Waals surface area contributed by atoms with Crippen LogP contribution in [-0.2, 0) is 7.05 Å². The number of benzene rings is 2. The van der Waals surface area contributed by atoms with Gasteiger partial charge < -0.3 is 4.90 Å². The summed E-state index contributed by atoms with van der Waals surface area (Å²) in [6.45, 7) is 3.93. The van der Waals surface area contributed by atoms with Gasteiger partial charge in [-0.3, -0.25) is 9.48 Å². The SMILES string of the molecule is Cc1nn(C)c2nc(-c3ccccc3)cc(C(=O)N(C)C(C)c3ccc(-n4cncn4)cc3)c12. The highest BCUT2D eigenvalue weighted by Gasteiger charge is 2.25. The maximum atomic E-state index is 13.8. The summed E-state index contributed by atoms with van der Waals surface area (Å²) in [5, 5.41) is 9.48. The van der Waals surface area contributed by atoms with E-state index in [0.29, 0.717) is 11.2 Å². The average Bonchev–Trinajstić information content (AvgIpc) is 3.51. The van der Waals surface area contributed by atoms with Crippen molar-refractivity contribution in [2.45, 2.75) is 19.9 Å². The number of aryl methyl sites for hydroxylation is 2. The number of aromatic nitrogens is 6. The van der Waals surface area contributed by atoms with Crippen molar-refractivity contribution in [1.29, 1.82) is 0 Å². The van der Waals surface area contributed by atoms with Crippen molar-refractivity contribution in [1.82, 2.24) is 34.4 Å². The fourth-order valence-electron chi connectivity index (χ4n) is 4.21. The number of hydrogen-bond acceptors (Lipinski definition) is 5. The van der Waals surface area contributed by atoms with E-state index in [1.165, 1.54) is 6.33 Å². The lowest BCUT2D eigenvalue weighted by Crippen LogP contribution is -2.30. The molecule has 0 bridgehead atoms. The Morgan fingerprint density at radius 2 is 1.79 bits per heavy atom. The molecule has 0 aliphatic heterocycles. The highest BCUT2D eigenvalue weighted by molar-refractivity contribution is 6.07. The fourth-order valence-corrected chi connectivity index (χ4v) is 4.21. The van der Waals surface area contributed by atoms with E-state index in [-0.39, 0.29) is 11.9 Å². The number of rotatable bonds is 5. The molecule has 0 fully saturated rings. The number of amides is 1. The molecule has 1 atom stereocenters. The van der Waals surface area contributed by atoms with Gasteiger partial charge in [0.05, 0.1) is 34.1 Å². The number of fused-ring (bicyclic) bond motifs is 1. The lowest BCUT2D eigenvalue weighted by Gasteiger charge is -2.26. The largest absolute Gasteiger partial charge is 0.335 e. The first-order chi connectivity index (χ1) is 16.4. The zero-order valence-corrected chi connectivity index (χ0v) is 19.5. The van der Waals surface area contributed by atoms with Gasteiger partial charge in [-0.15, -0.1) is 0 Å². The molecule has 0 spiro atoms. The average molecular weight is 452 g/mol. The summed E-state index contributed by atoms with van der Waals surface area (Å²) < 4.78 is 3.44. The third kappa shape index (κ3) is 3.73. The summed E-state index contributed by atoms with van der Waals surface area (Å²) in [4.78, 5) is 24.4. The molecule has 2 aromatic carbocycles. The highest BCUT2D eigenvalue weighted by atomic mass is 16.2. The lowest BCUT2D eigenvalue weighted by molar-refractivity contribution is 0.0744. The second-order valence-electron chi connectivity index (χ2n) is 8.35. The van der Waals surface area contributed by atoms with Crippen molar-refractivity contribution < 1.29 is 4.79 Å². The van der Waals surface area contributed by atoms with Gasteiger partial charge in [0, 0.05) is 19.7 Å². The van der Waals surface area contributed by atoms with E-state index >= 15 is 0 Å². The van der Waals surface area contributed by atoms with Gasteiger partial charge in [-0.05, 0) is 37.6 Å². The molecular weight excluding hydrogens is 426 g/mol.